The molecule has 0 aliphatic carbocycles. The number of nitrogens with zero attached hydrogens (tertiary/aromatic N) is 4. The van der Waals surface area contributed by atoms with Crippen LogP contribution in [0.2, 0.25) is 0 Å². The van der Waals surface area contributed by atoms with Crippen molar-refractivity contribution < 1.29 is 13.9 Å². The van der Waals surface area contributed by atoms with E-state index in [9.17, 15) is 9.59 Å². The molecule has 4 aromatic heterocycles. The molecule has 6 rings (SSSR count). The van der Waals surface area contributed by atoms with Gasteiger partial charge in [0.1, 0.15) is 10.6 Å². The van der Waals surface area contributed by atoms with Gasteiger partial charge in [0.15, 0.2) is 5.16 Å². The molecule has 1 aromatic carbocycles. The molecule has 0 spiro atoms. The Labute approximate surface area is 233 Å². The molecule has 1 aliphatic heterocycles. The molecule has 202 valence electrons. The van der Waals surface area contributed by atoms with E-state index in [1.165, 1.54) is 11.8 Å². The number of nitrogens with one attached hydrogen (secondary N) is 1. The maximum Gasteiger partial charge on any atom is 0.263 e. The fraction of sp³-hybridized carbons (Fsp3) is 0.357. The summed E-state index contributed by atoms with van der Waals surface area (Å²) >= 11 is 2.86. The Morgan fingerprint density at radius 3 is 2.82 bits per heavy atom. The minimum Gasteiger partial charge on any atom is -0.467 e. The number of amides is 1. The number of hydrogen-bond acceptors (Lipinski definition) is 8. The van der Waals surface area contributed by atoms with Gasteiger partial charge >= 0.3 is 0 Å². The number of thiophene rings is 1. The van der Waals surface area contributed by atoms with Crippen molar-refractivity contribution in [2.75, 3.05) is 5.75 Å². The van der Waals surface area contributed by atoms with Gasteiger partial charge in [0, 0.05) is 17.8 Å². The maximum absolute atomic E-state index is 14.0. The number of thioether (sulfide) groups is 1. The SMILES string of the molecule is CC(C)[C@@H]1Cc2c(sc3c2c(=O)n(CCc2ccccc2)c2nnc(SCC(=O)NCc4ccco4)n32)CO1. The minimum atomic E-state index is -0.138. The lowest BCUT2D eigenvalue weighted by Crippen LogP contribution is -2.29. The number of aromatic nitrogens is 4. The average Bonchev–Trinajstić information content (AvgIpc) is 3.69. The third-order valence-electron chi connectivity index (χ3n) is 7.01. The number of aryl methyl sites for hydroxylation is 2. The van der Waals surface area contributed by atoms with Crippen LogP contribution >= 0.6 is 23.1 Å². The number of carbonyl (C=O) groups is 1. The Hall–Kier alpha value is -3.41. The van der Waals surface area contributed by atoms with E-state index < -0.39 is 0 Å². The van der Waals surface area contributed by atoms with E-state index in [0.29, 0.717) is 60.5 Å². The lowest BCUT2D eigenvalue weighted by molar-refractivity contribution is -0.118. The molecular weight excluding hydrogens is 534 g/mol. The summed E-state index contributed by atoms with van der Waals surface area (Å²) in [7, 11) is 0. The quantitative estimate of drug-likeness (QED) is 0.264. The number of furan rings is 1. The van der Waals surface area contributed by atoms with Crippen molar-refractivity contribution in [3.8, 4) is 0 Å². The maximum atomic E-state index is 14.0. The van der Waals surface area contributed by atoms with Crippen LogP contribution in [0.5, 0.6) is 0 Å². The van der Waals surface area contributed by atoms with Gasteiger partial charge in [0.2, 0.25) is 11.7 Å². The zero-order valence-corrected chi connectivity index (χ0v) is 23.4. The summed E-state index contributed by atoms with van der Waals surface area (Å²) in [6.45, 7) is 5.58. The molecular formula is C28H29N5O4S2. The highest BCUT2D eigenvalue weighted by molar-refractivity contribution is 7.99. The lowest BCUT2D eigenvalue weighted by atomic mass is 9.96. The number of benzene rings is 1. The molecule has 11 heteroatoms. The van der Waals surface area contributed by atoms with Crippen molar-refractivity contribution in [2.45, 2.75) is 57.6 Å². The van der Waals surface area contributed by atoms with Gasteiger partial charge in [-0.1, -0.05) is 55.9 Å². The van der Waals surface area contributed by atoms with Crippen molar-refractivity contribution in [2.24, 2.45) is 5.92 Å². The number of hydrogen-bond donors (Lipinski definition) is 1. The molecule has 1 N–H and O–H groups in total. The topological polar surface area (TPSA) is 104 Å². The Bertz CT molecular complexity index is 1670. The first kappa shape index (κ1) is 25.8. The van der Waals surface area contributed by atoms with Crippen LogP contribution < -0.4 is 10.9 Å². The average molecular weight is 564 g/mol. The number of rotatable bonds is 9. The van der Waals surface area contributed by atoms with Crippen LogP contribution in [0.4, 0.5) is 0 Å². The first-order chi connectivity index (χ1) is 19.0. The molecule has 0 saturated heterocycles. The lowest BCUT2D eigenvalue weighted by Gasteiger charge is -2.26. The van der Waals surface area contributed by atoms with E-state index in [2.05, 4.69) is 41.5 Å². The Kier molecular flexibility index (Phi) is 7.28. The largest absolute Gasteiger partial charge is 0.467 e. The zero-order chi connectivity index (χ0) is 26.9. The van der Waals surface area contributed by atoms with Gasteiger partial charge in [-0.15, -0.1) is 21.5 Å². The van der Waals surface area contributed by atoms with Crippen LogP contribution in [0.1, 0.15) is 35.6 Å². The molecule has 5 heterocycles. The summed E-state index contributed by atoms with van der Waals surface area (Å²) in [5.74, 6) is 1.55. The molecule has 0 unspecified atom stereocenters. The van der Waals surface area contributed by atoms with Crippen LogP contribution in [0.3, 0.4) is 0 Å². The van der Waals surface area contributed by atoms with Crippen LogP contribution in [-0.4, -0.2) is 36.9 Å². The molecule has 1 atom stereocenters. The van der Waals surface area contributed by atoms with Crippen LogP contribution in [0.25, 0.3) is 16.0 Å². The summed E-state index contributed by atoms with van der Waals surface area (Å²) in [6, 6.07) is 13.7. The van der Waals surface area contributed by atoms with Gasteiger partial charge in [0.05, 0.1) is 36.7 Å². The highest BCUT2D eigenvalue weighted by Gasteiger charge is 2.30. The first-order valence-corrected chi connectivity index (χ1v) is 14.8. The predicted molar refractivity (Wildman–Crippen MR) is 151 cm³/mol. The Morgan fingerprint density at radius 1 is 1.21 bits per heavy atom. The smallest absolute Gasteiger partial charge is 0.263 e. The molecule has 1 aliphatic rings. The highest BCUT2D eigenvalue weighted by atomic mass is 32.2. The van der Waals surface area contributed by atoms with Crippen LogP contribution in [-0.2, 0) is 42.1 Å². The van der Waals surface area contributed by atoms with Crippen molar-refractivity contribution in [3.63, 3.8) is 0 Å². The van der Waals surface area contributed by atoms with Crippen LogP contribution in [0.15, 0.2) is 63.1 Å². The number of carbonyl (C=O) groups excluding carboxylic acids is 1. The minimum absolute atomic E-state index is 0.0459. The molecule has 9 nitrogen and oxygen atoms in total. The third kappa shape index (κ3) is 5.13. The van der Waals surface area contributed by atoms with Gasteiger partial charge < -0.3 is 14.5 Å². The predicted octanol–water partition coefficient (Wildman–Crippen LogP) is 4.45. The summed E-state index contributed by atoms with van der Waals surface area (Å²) in [5, 5.41) is 13.0. The van der Waals surface area contributed by atoms with Crippen molar-refractivity contribution in [1.29, 1.82) is 0 Å². The molecule has 5 aromatic rings. The van der Waals surface area contributed by atoms with E-state index in [1.54, 1.807) is 28.2 Å². The van der Waals surface area contributed by atoms with Crippen molar-refractivity contribution >= 4 is 45.0 Å². The van der Waals surface area contributed by atoms with E-state index >= 15 is 0 Å². The van der Waals surface area contributed by atoms with Crippen molar-refractivity contribution in [1.82, 2.24) is 24.5 Å². The van der Waals surface area contributed by atoms with Crippen LogP contribution in [0, 0.1) is 5.92 Å². The Morgan fingerprint density at radius 2 is 2.05 bits per heavy atom. The summed E-state index contributed by atoms with van der Waals surface area (Å²) in [5.41, 5.74) is 2.17. The van der Waals surface area contributed by atoms with Gasteiger partial charge in [-0.05, 0) is 35.6 Å². The molecule has 39 heavy (non-hydrogen) atoms. The number of ether oxygens (including phenoxy) is 1. The summed E-state index contributed by atoms with van der Waals surface area (Å²) in [6.07, 6.45) is 3.04. The number of fused-ring (bicyclic) bond motifs is 5. The first-order valence-electron chi connectivity index (χ1n) is 13.0. The second kappa shape index (κ2) is 11.0. The van der Waals surface area contributed by atoms with Gasteiger partial charge in [-0.25, -0.2) is 4.40 Å². The van der Waals surface area contributed by atoms with Gasteiger partial charge in [-0.3, -0.25) is 14.2 Å². The zero-order valence-electron chi connectivity index (χ0n) is 21.8. The molecule has 0 saturated carbocycles. The molecule has 0 bridgehead atoms. The summed E-state index contributed by atoms with van der Waals surface area (Å²) in [4.78, 5) is 28.5. The molecule has 0 radical (unpaired) electrons. The van der Waals surface area contributed by atoms with Crippen molar-refractivity contribution in [3.05, 3.63) is 80.8 Å². The fourth-order valence-electron chi connectivity index (χ4n) is 4.88. The Balaban J connectivity index is 1.37. The third-order valence-corrected chi connectivity index (χ3v) is 9.13. The van der Waals surface area contributed by atoms with Gasteiger partial charge in [0.25, 0.3) is 5.56 Å². The standard InChI is InChI=1S/C28H29N5O4S2/c1-17(2)21-13-20-22(15-37-21)39-26-24(20)25(35)32(11-10-18-7-4-3-5-8-18)27-30-31-28(33(26)27)38-16-23(34)29-14-19-9-6-12-36-19/h3-9,12,17,21H,10-11,13-16H2,1-2H3,(H,29,34)/t21-/m0/s1. The second-order valence-corrected chi connectivity index (χ2v) is 12.0. The van der Waals surface area contributed by atoms with E-state index in [0.717, 1.165) is 20.8 Å². The highest BCUT2D eigenvalue weighted by Crippen LogP contribution is 2.37. The normalized spacial score (nSPS) is 15.3. The van der Waals surface area contributed by atoms with E-state index in [-0.39, 0.29) is 23.3 Å². The van der Waals surface area contributed by atoms with Gasteiger partial charge in [-0.2, -0.15) is 0 Å². The monoisotopic (exact) mass is 563 g/mol. The fourth-order valence-corrected chi connectivity index (χ4v) is 6.94. The summed E-state index contributed by atoms with van der Waals surface area (Å²) < 4.78 is 15.1. The molecule has 0 fully saturated rings. The second-order valence-electron chi connectivity index (χ2n) is 9.94. The van der Waals surface area contributed by atoms with E-state index in [1.807, 2.05) is 28.7 Å². The van der Waals surface area contributed by atoms with E-state index in [4.69, 9.17) is 9.15 Å². The molecule has 1 amide bonds.